The molecule has 2 N–H and O–H groups in total. The minimum atomic E-state index is -0.0827. The van der Waals surface area contributed by atoms with Gasteiger partial charge in [-0.2, -0.15) is 0 Å². The van der Waals surface area contributed by atoms with Crippen LogP contribution in [-0.4, -0.2) is 16.6 Å². The molecule has 10 aromatic rings. The molecule has 0 fully saturated rings. The maximum Gasteiger partial charge on any atom is 0.137 e. The number of thiophene rings is 1. The van der Waals surface area contributed by atoms with Crippen LogP contribution < -0.4 is 10.6 Å². The minimum Gasteiger partial charge on any atom is -0.456 e. The van der Waals surface area contributed by atoms with Crippen LogP contribution in [0.25, 0.3) is 80.7 Å². The number of allylic oxidation sites excluding steroid dienone is 3. The lowest BCUT2D eigenvalue weighted by Gasteiger charge is -2.33. The van der Waals surface area contributed by atoms with Gasteiger partial charge in [-0.1, -0.05) is 109 Å². The highest BCUT2D eigenvalue weighted by molar-refractivity contribution is 7.25. The number of nitrogens with zero attached hydrogens (tertiary/aromatic N) is 2. The number of hydrogen-bond acceptors (Lipinski definition) is 5. The number of amidine groups is 1. The summed E-state index contributed by atoms with van der Waals surface area (Å²) in [4.78, 5) is 5.15. The summed E-state index contributed by atoms with van der Waals surface area (Å²) in [6.45, 7) is 0. The van der Waals surface area contributed by atoms with E-state index >= 15 is 0 Å². The SMILES string of the molecule is C1=CCCC(C2N=C(c3ccccc3)NC(c3ccc4sc5cc(-c6ccc7oc8cc(-n9c%10ccccc%10c%10ccccc%109)ccc8c7c6)ccc5c4c3)N2)=C1. The molecule has 0 bridgehead atoms. The van der Waals surface area contributed by atoms with Crippen LogP contribution in [0.15, 0.2) is 185 Å². The Kier molecular flexibility index (Phi) is 7.37. The second kappa shape index (κ2) is 12.9. The van der Waals surface area contributed by atoms with Gasteiger partial charge in [0.2, 0.25) is 0 Å². The van der Waals surface area contributed by atoms with E-state index in [1.807, 2.05) is 11.3 Å². The molecule has 57 heavy (non-hydrogen) atoms. The van der Waals surface area contributed by atoms with Crippen LogP contribution in [0.3, 0.4) is 0 Å². The van der Waals surface area contributed by atoms with Gasteiger partial charge in [0.1, 0.15) is 29.3 Å². The summed E-state index contributed by atoms with van der Waals surface area (Å²) in [5, 5.41) is 14.9. The Morgan fingerprint density at radius 1 is 0.596 bits per heavy atom. The van der Waals surface area contributed by atoms with Crippen molar-refractivity contribution in [2.75, 3.05) is 0 Å². The summed E-state index contributed by atoms with van der Waals surface area (Å²) in [6.07, 6.45) is 8.50. The van der Waals surface area contributed by atoms with Crippen molar-refractivity contribution < 1.29 is 4.42 Å². The molecule has 6 heteroatoms. The van der Waals surface area contributed by atoms with Crippen molar-refractivity contribution in [2.45, 2.75) is 25.2 Å². The number of benzene rings is 7. The zero-order chi connectivity index (χ0) is 37.5. The molecule has 2 atom stereocenters. The lowest BCUT2D eigenvalue weighted by molar-refractivity contribution is 0.425. The third-order valence-corrected chi connectivity index (χ3v) is 12.9. The molecule has 0 radical (unpaired) electrons. The van der Waals surface area contributed by atoms with Gasteiger partial charge in [0.25, 0.3) is 0 Å². The van der Waals surface area contributed by atoms with E-state index in [2.05, 4.69) is 185 Å². The molecule has 272 valence electrons. The van der Waals surface area contributed by atoms with Crippen LogP contribution >= 0.6 is 11.3 Å². The van der Waals surface area contributed by atoms with Gasteiger partial charge < -0.3 is 14.3 Å². The smallest absolute Gasteiger partial charge is 0.137 e. The van der Waals surface area contributed by atoms with Crippen LogP contribution in [0, 0.1) is 0 Å². The summed E-state index contributed by atoms with van der Waals surface area (Å²) >= 11 is 1.85. The Hall–Kier alpha value is -6.73. The van der Waals surface area contributed by atoms with E-state index in [1.54, 1.807) is 0 Å². The number of nitrogens with one attached hydrogen (secondary N) is 2. The molecular weight excluding hydrogens is 717 g/mol. The normalized spacial score (nSPS) is 17.2. The summed E-state index contributed by atoms with van der Waals surface area (Å²) in [5.74, 6) is 0.922. The molecule has 0 amide bonds. The lowest BCUT2D eigenvalue weighted by atomic mass is 9.99. The summed E-state index contributed by atoms with van der Waals surface area (Å²) in [7, 11) is 0. The quantitative estimate of drug-likeness (QED) is 0.184. The predicted octanol–water partition coefficient (Wildman–Crippen LogP) is 13.0. The van der Waals surface area contributed by atoms with Crippen LogP contribution in [0.5, 0.6) is 0 Å². The maximum atomic E-state index is 6.52. The van der Waals surface area contributed by atoms with Gasteiger partial charge in [-0.3, -0.25) is 5.32 Å². The van der Waals surface area contributed by atoms with Crippen LogP contribution in [0.2, 0.25) is 0 Å². The maximum absolute atomic E-state index is 6.52. The fraction of sp³-hybridized carbons (Fsp3) is 0.0784. The third-order valence-electron chi connectivity index (χ3n) is 11.8. The van der Waals surface area contributed by atoms with Crippen LogP contribution in [0.4, 0.5) is 0 Å². The molecule has 0 spiro atoms. The van der Waals surface area contributed by atoms with Gasteiger partial charge in [-0.15, -0.1) is 11.3 Å². The van der Waals surface area contributed by atoms with E-state index in [-0.39, 0.29) is 12.3 Å². The van der Waals surface area contributed by atoms with Crippen molar-refractivity contribution in [3.63, 3.8) is 0 Å². The van der Waals surface area contributed by atoms with Crippen molar-refractivity contribution in [3.8, 4) is 16.8 Å². The highest BCUT2D eigenvalue weighted by atomic mass is 32.1. The summed E-state index contributed by atoms with van der Waals surface area (Å²) < 4.78 is 11.4. The van der Waals surface area contributed by atoms with Gasteiger partial charge >= 0.3 is 0 Å². The lowest BCUT2D eigenvalue weighted by Crippen LogP contribution is -2.49. The molecule has 1 aliphatic carbocycles. The van der Waals surface area contributed by atoms with E-state index < -0.39 is 0 Å². The standard InChI is InChI=1S/C51H36N4OS/c1-3-11-31(12-4-1)49-52-50(32-13-5-2-6-14-32)54-51(53-49)35-21-26-47-42(28-35)40-23-19-34(29-48(40)57-47)33-20-25-45-41(27-33)39-24-22-36(30-46(39)56-45)55-43-17-9-7-15-37(43)38-16-8-10-18-44(38)55/h1-5,7-13,15-30,50-51,54H,6,14H2,(H,52,53). The number of hydrogen-bond donors (Lipinski definition) is 2. The first-order valence-corrected chi connectivity index (χ1v) is 20.5. The highest BCUT2D eigenvalue weighted by Crippen LogP contribution is 2.40. The second-order valence-electron chi connectivity index (χ2n) is 15.1. The molecule has 4 heterocycles. The summed E-state index contributed by atoms with van der Waals surface area (Å²) in [6, 6.07) is 54.7. The van der Waals surface area contributed by atoms with Gasteiger partial charge in [-0.05, 0) is 89.7 Å². The highest BCUT2D eigenvalue weighted by Gasteiger charge is 2.27. The molecule has 7 aromatic carbocycles. The Morgan fingerprint density at radius 3 is 2.19 bits per heavy atom. The number of para-hydroxylation sites is 2. The molecule has 1 aliphatic heterocycles. The number of furan rings is 1. The molecule has 12 rings (SSSR count). The minimum absolute atomic E-state index is 0.0808. The molecule has 0 saturated carbocycles. The number of rotatable bonds is 5. The van der Waals surface area contributed by atoms with E-state index in [0.29, 0.717) is 0 Å². The molecule has 2 aliphatic rings. The van der Waals surface area contributed by atoms with Gasteiger partial charge in [0.05, 0.1) is 11.0 Å². The monoisotopic (exact) mass is 752 g/mol. The van der Waals surface area contributed by atoms with E-state index in [9.17, 15) is 0 Å². The van der Waals surface area contributed by atoms with Crippen molar-refractivity contribution in [1.82, 2.24) is 15.2 Å². The largest absolute Gasteiger partial charge is 0.456 e. The first-order valence-electron chi connectivity index (χ1n) is 19.6. The fourth-order valence-corrected chi connectivity index (χ4v) is 10.1. The first kappa shape index (κ1) is 32.5. The van der Waals surface area contributed by atoms with Crippen molar-refractivity contribution >= 4 is 81.1 Å². The number of aliphatic imine (C=N–C) groups is 1. The number of aromatic nitrogens is 1. The molecule has 2 unspecified atom stereocenters. The molecule has 5 nitrogen and oxygen atoms in total. The van der Waals surface area contributed by atoms with Gasteiger partial charge in [0.15, 0.2) is 0 Å². The molecular formula is C51H36N4OS. The Bertz CT molecular complexity index is 3270. The van der Waals surface area contributed by atoms with Crippen molar-refractivity contribution in [3.05, 3.63) is 187 Å². The van der Waals surface area contributed by atoms with Gasteiger partial charge in [-0.25, -0.2) is 4.99 Å². The Labute approximate surface area is 332 Å². The van der Waals surface area contributed by atoms with E-state index in [4.69, 9.17) is 9.41 Å². The second-order valence-corrected chi connectivity index (χ2v) is 16.2. The Balaban J connectivity index is 0.888. The zero-order valence-corrected chi connectivity index (χ0v) is 31.8. The molecule has 3 aromatic heterocycles. The van der Waals surface area contributed by atoms with Crippen LogP contribution in [-0.2, 0) is 0 Å². The average molecular weight is 753 g/mol. The Morgan fingerprint density at radius 2 is 1.37 bits per heavy atom. The predicted molar refractivity (Wildman–Crippen MR) is 239 cm³/mol. The fourth-order valence-electron chi connectivity index (χ4n) is 8.95. The topological polar surface area (TPSA) is 54.5 Å². The van der Waals surface area contributed by atoms with Crippen molar-refractivity contribution in [1.29, 1.82) is 0 Å². The van der Waals surface area contributed by atoms with E-state index in [1.165, 1.54) is 64.2 Å². The first-order chi connectivity index (χ1) is 28.2. The number of fused-ring (bicyclic) bond motifs is 9. The summed E-state index contributed by atoms with van der Waals surface area (Å²) in [5.41, 5.74) is 11.3. The van der Waals surface area contributed by atoms with E-state index in [0.717, 1.165) is 51.9 Å². The van der Waals surface area contributed by atoms with Gasteiger partial charge in [0, 0.05) is 59.0 Å². The average Bonchev–Trinajstić information content (AvgIpc) is 3.95. The van der Waals surface area contributed by atoms with Crippen LogP contribution in [0.1, 0.15) is 30.1 Å². The third kappa shape index (κ3) is 5.36. The zero-order valence-electron chi connectivity index (χ0n) is 30.9. The molecule has 0 saturated heterocycles. The van der Waals surface area contributed by atoms with Crippen molar-refractivity contribution in [2.24, 2.45) is 4.99 Å².